The molecule has 2 aromatic rings. The van der Waals surface area contributed by atoms with Gasteiger partial charge in [0.15, 0.2) is 5.13 Å². The molecule has 1 aromatic carbocycles. The Kier molecular flexibility index (Phi) is 4.03. The number of benzene rings is 1. The molecule has 0 amide bonds. The maximum Gasteiger partial charge on any atom is 0.188 e. The predicted molar refractivity (Wildman–Crippen MR) is 72.7 cm³/mol. The van der Waals surface area contributed by atoms with Gasteiger partial charge in [0.25, 0.3) is 0 Å². The van der Waals surface area contributed by atoms with Gasteiger partial charge in [-0.05, 0) is 25.1 Å². The number of hydrogen-bond donors (Lipinski definition) is 1. The third-order valence-electron chi connectivity index (χ3n) is 2.13. The summed E-state index contributed by atoms with van der Waals surface area (Å²) in [4.78, 5) is 4.10. The molecule has 1 heterocycles. The lowest BCUT2D eigenvalue weighted by Crippen LogP contribution is -1.98. The third kappa shape index (κ3) is 2.92. The van der Waals surface area contributed by atoms with Crippen molar-refractivity contribution in [3.05, 3.63) is 34.3 Å². The summed E-state index contributed by atoms with van der Waals surface area (Å²) < 4.78 is 5.49. The number of halogens is 1. The van der Waals surface area contributed by atoms with Crippen LogP contribution in [0.4, 0.5) is 10.8 Å². The van der Waals surface area contributed by atoms with Crippen LogP contribution in [-0.4, -0.2) is 11.6 Å². The Bertz CT molecular complexity index is 591. The summed E-state index contributed by atoms with van der Waals surface area (Å²) in [6, 6.07) is 7.29. The number of aromatic nitrogens is 1. The highest BCUT2D eigenvalue weighted by atomic mass is 35.5. The molecular weight excluding hydrogens is 270 g/mol. The minimum absolute atomic E-state index is 0.442. The molecule has 18 heavy (non-hydrogen) atoms. The van der Waals surface area contributed by atoms with Gasteiger partial charge in [0, 0.05) is 5.38 Å². The maximum atomic E-state index is 8.90. The molecule has 0 saturated carbocycles. The Morgan fingerprint density at radius 2 is 2.39 bits per heavy atom. The Hall–Kier alpha value is -1.77. The van der Waals surface area contributed by atoms with Gasteiger partial charge in [0.2, 0.25) is 0 Å². The van der Waals surface area contributed by atoms with E-state index in [1.807, 2.05) is 6.92 Å². The molecule has 1 N–H and O–H groups in total. The second kappa shape index (κ2) is 5.71. The van der Waals surface area contributed by atoms with Crippen LogP contribution < -0.4 is 10.1 Å². The van der Waals surface area contributed by atoms with Crippen LogP contribution in [0.2, 0.25) is 5.15 Å². The van der Waals surface area contributed by atoms with Crippen LogP contribution in [0.3, 0.4) is 0 Å². The highest BCUT2D eigenvalue weighted by Crippen LogP contribution is 2.30. The van der Waals surface area contributed by atoms with Crippen molar-refractivity contribution in [3.63, 3.8) is 0 Å². The van der Waals surface area contributed by atoms with Crippen LogP contribution in [0.1, 0.15) is 12.5 Å². The van der Waals surface area contributed by atoms with Crippen molar-refractivity contribution < 1.29 is 4.74 Å². The van der Waals surface area contributed by atoms with Gasteiger partial charge in [-0.15, -0.1) is 11.3 Å². The van der Waals surface area contributed by atoms with Crippen molar-refractivity contribution in [3.8, 4) is 11.8 Å². The lowest BCUT2D eigenvalue weighted by molar-refractivity contribution is 0.342. The number of hydrogen-bond acceptors (Lipinski definition) is 5. The first-order chi connectivity index (χ1) is 8.72. The summed E-state index contributed by atoms with van der Waals surface area (Å²) in [6.45, 7) is 2.46. The number of ether oxygens (including phenoxy) is 1. The zero-order chi connectivity index (χ0) is 13.0. The zero-order valence-corrected chi connectivity index (χ0v) is 11.2. The minimum Gasteiger partial charge on any atom is -0.492 e. The highest BCUT2D eigenvalue weighted by molar-refractivity contribution is 7.14. The predicted octanol–water partition coefficient (Wildman–Crippen LogP) is 3.81. The van der Waals surface area contributed by atoms with E-state index in [2.05, 4.69) is 16.4 Å². The van der Waals surface area contributed by atoms with Gasteiger partial charge in [-0.1, -0.05) is 11.6 Å². The van der Waals surface area contributed by atoms with E-state index in [0.29, 0.717) is 33.9 Å². The SMILES string of the molecule is CCOc1ccc(C#N)cc1Nc1nc(Cl)cs1. The van der Waals surface area contributed by atoms with E-state index in [-0.39, 0.29) is 0 Å². The van der Waals surface area contributed by atoms with Gasteiger partial charge >= 0.3 is 0 Å². The van der Waals surface area contributed by atoms with Crippen molar-refractivity contribution in [2.45, 2.75) is 6.92 Å². The molecule has 0 spiro atoms. The summed E-state index contributed by atoms with van der Waals surface area (Å²) in [5, 5.41) is 14.8. The lowest BCUT2D eigenvalue weighted by atomic mass is 10.2. The van der Waals surface area contributed by atoms with Gasteiger partial charge in [0.05, 0.1) is 23.9 Å². The van der Waals surface area contributed by atoms with E-state index in [1.165, 1.54) is 11.3 Å². The number of nitriles is 1. The molecule has 4 nitrogen and oxygen atoms in total. The molecule has 0 aliphatic heterocycles. The lowest BCUT2D eigenvalue weighted by Gasteiger charge is -2.10. The average Bonchev–Trinajstić information content (AvgIpc) is 2.77. The highest BCUT2D eigenvalue weighted by Gasteiger charge is 2.07. The van der Waals surface area contributed by atoms with Crippen molar-refractivity contribution >= 4 is 33.8 Å². The molecule has 0 bridgehead atoms. The molecule has 6 heteroatoms. The second-order valence-corrected chi connectivity index (χ2v) is 4.60. The topological polar surface area (TPSA) is 57.9 Å². The smallest absolute Gasteiger partial charge is 0.188 e. The molecule has 0 aliphatic rings. The Labute approximate surface area is 114 Å². The first-order valence-electron chi connectivity index (χ1n) is 5.28. The van der Waals surface area contributed by atoms with Gasteiger partial charge in [0.1, 0.15) is 10.9 Å². The summed E-state index contributed by atoms with van der Waals surface area (Å²) in [7, 11) is 0. The number of nitrogens with one attached hydrogen (secondary N) is 1. The first kappa shape index (κ1) is 12.7. The molecule has 0 atom stereocenters. The molecular formula is C12H10ClN3OS. The van der Waals surface area contributed by atoms with Crippen molar-refractivity contribution in [1.82, 2.24) is 4.98 Å². The summed E-state index contributed by atoms with van der Waals surface area (Å²) >= 11 is 7.15. The standard InChI is InChI=1S/C12H10ClN3OS/c1-2-17-10-4-3-8(6-14)5-9(10)15-12-16-11(13)7-18-12/h3-5,7H,2H2,1H3,(H,15,16). The maximum absolute atomic E-state index is 8.90. The number of nitrogens with zero attached hydrogens (tertiary/aromatic N) is 2. The Morgan fingerprint density at radius 3 is 3.00 bits per heavy atom. The molecule has 92 valence electrons. The number of rotatable bonds is 4. The Balaban J connectivity index is 2.31. The number of anilines is 2. The van der Waals surface area contributed by atoms with Crippen molar-refractivity contribution in [2.75, 3.05) is 11.9 Å². The monoisotopic (exact) mass is 279 g/mol. The fraction of sp³-hybridized carbons (Fsp3) is 0.167. The van der Waals surface area contributed by atoms with Crippen LogP contribution in [0.15, 0.2) is 23.6 Å². The molecule has 0 radical (unpaired) electrons. The van der Waals surface area contributed by atoms with E-state index in [4.69, 9.17) is 21.6 Å². The van der Waals surface area contributed by atoms with Crippen LogP contribution in [0.25, 0.3) is 0 Å². The average molecular weight is 280 g/mol. The second-order valence-electron chi connectivity index (χ2n) is 3.36. The fourth-order valence-corrected chi connectivity index (χ4v) is 2.26. The fourth-order valence-electron chi connectivity index (χ4n) is 1.41. The quantitative estimate of drug-likeness (QED) is 0.924. The van der Waals surface area contributed by atoms with Crippen molar-refractivity contribution in [1.29, 1.82) is 5.26 Å². The molecule has 0 saturated heterocycles. The molecule has 0 fully saturated rings. The van der Waals surface area contributed by atoms with E-state index in [9.17, 15) is 0 Å². The third-order valence-corrected chi connectivity index (χ3v) is 3.21. The van der Waals surface area contributed by atoms with Gasteiger partial charge in [-0.2, -0.15) is 5.26 Å². The van der Waals surface area contributed by atoms with E-state index in [0.717, 1.165) is 0 Å². The minimum atomic E-state index is 0.442. The van der Waals surface area contributed by atoms with E-state index < -0.39 is 0 Å². The van der Waals surface area contributed by atoms with Crippen molar-refractivity contribution in [2.24, 2.45) is 0 Å². The summed E-state index contributed by atoms with van der Waals surface area (Å²) in [5.74, 6) is 0.683. The van der Waals surface area contributed by atoms with E-state index in [1.54, 1.807) is 23.6 Å². The summed E-state index contributed by atoms with van der Waals surface area (Å²) in [5.41, 5.74) is 1.27. The van der Waals surface area contributed by atoms with Gasteiger partial charge in [-0.25, -0.2) is 4.98 Å². The molecule has 0 aliphatic carbocycles. The molecule has 2 rings (SSSR count). The zero-order valence-electron chi connectivity index (χ0n) is 9.61. The summed E-state index contributed by atoms with van der Waals surface area (Å²) in [6.07, 6.45) is 0. The van der Waals surface area contributed by atoms with Crippen LogP contribution in [0.5, 0.6) is 5.75 Å². The molecule has 0 unspecified atom stereocenters. The van der Waals surface area contributed by atoms with Crippen LogP contribution in [-0.2, 0) is 0 Å². The van der Waals surface area contributed by atoms with Gasteiger partial charge < -0.3 is 10.1 Å². The van der Waals surface area contributed by atoms with Gasteiger partial charge in [-0.3, -0.25) is 0 Å². The largest absolute Gasteiger partial charge is 0.492 e. The molecule has 1 aromatic heterocycles. The first-order valence-corrected chi connectivity index (χ1v) is 6.53. The van der Waals surface area contributed by atoms with Crippen LogP contribution in [0, 0.1) is 11.3 Å². The normalized spacial score (nSPS) is 9.83. The van der Waals surface area contributed by atoms with E-state index >= 15 is 0 Å². The van der Waals surface area contributed by atoms with Crippen LogP contribution >= 0.6 is 22.9 Å². The number of thiazole rings is 1. The Morgan fingerprint density at radius 1 is 1.56 bits per heavy atom.